The van der Waals surface area contributed by atoms with Gasteiger partial charge in [-0.25, -0.2) is 4.39 Å². The van der Waals surface area contributed by atoms with Gasteiger partial charge in [0.05, 0.1) is 18.2 Å². The van der Waals surface area contributed by atoms with E-state index in [1.165, 1.54) is 23.0 Å². The van der Waals surface area contributed by atoms with Gasteiger partial charge in [0.1, 0.15) is 11.9 Å². The second-order valence-electron chi connectivity index (χ2n) is 5.55. The van der Waals surface area contributed by atoms with Crippen molar-refractivity contribution >= 4 is 17.5 Å². The van der Waals surface area contributed by atoms with Gasteiger partial charge in [0.25, 0.3) is 0 Å². The third-order valence-corrected chi connectivity index (χ3v) is 4.18. The van der Waals surface area contributed by atoms with E-state index in [1.54, 1.807) is 25.2 Å². The number of likely N-dealkylation sites (N-methyl/N-ethyl adjacent to an activating group) is 1. The number of methoxy groups -OCH3 is 1. The number of carbonyl (C=O) groups excluding carboxylic acids is 2. The van der Waals surface area contributed by atoms with Crippen molar-refractivity contribution in [2.45, 2.75) is 25.0 Å². The van der Waals surface area contributed by atoms with Crippen molar-refractivity contribution < 1.29 is 18.7 Å². The van der Waals surface area contributed by atoms with Crippen LogP contribution in [0.2, 0.25) is 0 Å². The van der Waals surface area contributed by atoms with E-state index in [0.717, 1.165) is 0 Å². The van der Waals surface area contributed by atoms with Gasteiger partial charge in [0.15, 0.2) is 0 Å². The predicted octanol–water partition coefficient (Wildman–Crippen LogP) is 0.753. The lowest BCUT2D eigenvalue weighted by atomic mass is 10.1. The van der Waals surface area contributed by atoms with Crippen molar-refractivity contribution in [3.63, 3.8) is 0 Å². The number of halogens is 1. The molecule has 126 valence electrons. The van der Waals surface area contributed by atoms with Crippen LogP contribution in [0.5, 0.6) is 0 Å². The quantitative estimate of drug-likeness (QED) is 0.838. The topological polar surface area (TPSA) is 75.9 Å². The average molecular weight is 323 g/mol. The number of nitrogens with two attached hydrogens (primary N) is 1. The van der Waals surface area contributed by atoms with Crippen molar-refractivity contribution in [2.24, 2.45) is 5.73 Å². The zero-order chi connectivity index (χ0) is 17.0. The largest absolute Gasteiger partial charge is 0.380 e. The Labute approximate surface area is 135 Å². The predicted molar refractivity (Wildman–Crippen MR) is 84.4 cm³/mol. The molecule has 0 spiro atoms. The summed E-state index contributed by atoms with van der Waals surface area (Å²) in [7, 11) is 3.07. The molecule has 1 aliphatic rings. The molecular weight excluding hydrogens is 301 g/mol. The van der Waals surface area contributed by atoms with E-state index in [2.05, 4.69) is 0 Å². The Kier molecular flexibility index (Phi) is 5.68. The Morgan fingerprint density at radius 2 is 2.22 bits per heavy atom. The minimum Gasteiger partial charge on any atom is -0.380 e. The Hall–Kier alpha value is -1.99. The van der Waals surface area contributed by atoms with Gasteiger partial charge in [-0.05, 0) is 18.6 Å². The van der Waals surface area contributed by atoms with Gasteiger partial charge in [-0.3, -0.25) is 9.59 Å². The first-order valence-corrected chi connectivity index (χ1v) is 7.54. The van der Waals surface area contributed by atoms with Gasteiger partial charge < -0.3 is 20.3 Å². The Balaban J connectivity index is 2.06. The minimum atomic E-state index is -0.586. The molecular formula is C16H22FN3O3. The molecule has 0 aliphatic carbocycles. The summed E-state index contributed by atoms with van der Waals surface area (Å²) in [6.07, 6.45) is 0.215. The number of nitrogens with zero attached hydrogens (tertiary/aromatic N) is 2. The number of ether oxygens (including phenoxy) is 1. The molecule has 1 aliphatic heterocycles. The first-order chi connectivity index (χ1) is 11.0. The van der Waals surface area contributed by atoms with Crippen LogP contribution in [0.15, 0.2) is 24.3 Å². The summed E-state index contributed by atoms with van der Waals surface area (Å²) in [5.74, 6) is -0.929. The maximum Gasteiger partial charge on any atom is 0.249 e. The van der Waals surface area contributed by atoms with Crippen molar-refractivity contribution in [1.82, 2.24) is 4.90 Å². The van der Waals surface area contributed by atoms with Crippen LogP contribution in [0, 0.1) is 5.82 Å². The number of anilines is 1. The first kappa shape index (κ1) is 17.4. The normalized spacial score (nSPS) is 19.0. The molecule has 1 fully saturated rings. The van der Waals surface area contributed by atoms with Gasteiger partial charge in [-0.15, -0.1) is 0 Å². The second kappa shape index (κ2) is 7.52. The lowest BCUT2D eigenvalue weighted by molar-refractivity contribution is -0.138. The van der Waals surface area contributed by atoms with Crippen molar-refractivity contribution in [3.8, 4) is 0 Å². The molecule has 23 heavy (non-hydrogen) atoms. The highest BCUT2D eigenvalue weighted by Gasteiger charge is 2.38. The summed E-state index contributed by atoms with van der Waals surface area (Å²) in [6, 6.07) is 5.54. The third-order valence-electron chi connectivity index (χ3n) is 4.18. The number of benzene rings is 1. The fourth-order valence-corrected chi connectivity index (χ4v) is 2.71. The van der Waals surface area contributed by atoms with Crippen LogP contribution in [0.3, 0.4) is 0 Å². The summed E-state index contributed by atoms with van der Waals surface area (Å²) in [4.78, 5) is 27.6. The molecule has 2 N–H and O–H groups in total. The first-order valence-electron chi connectivity index (χ1n) is 7.54. The lowest BCUT2D eigenvalue weighted by Crippen LogP contribution is -2.44. The van der Waals surface area contributed by atoms with E-state index in [1.807, 2.05) is 0 Å². The van der Waals surface area contributed by atoms with Crippen molar-refractivity contribution in [3.05, 3.63) is 30.1 Å². The fraction of sp³-hybridized carbons (Fsp3) is 0.500. The van der Waals surface area contributed by atoms with Gasteiger partial charge in [0, 0.05) is 27.2 Å². The van der Waals surface area contributed by atoms with Crippen LogP contribution >= 0.6 is 0 Å². The van der Waals surface area contributed by atoms with Crippen molar-refractivity contribution in [2.75, 3.05) is 32.1 Å². The van der Waals surface area contributed by atoms with Crippen molar-refractivity contribution in [1.29, 1.82) is 0 Å². The van der Waals surface area contributed by atoms with E-state index in [9.17, 15) is 14.0 Å². The monoisotopic (exact) mass is 323 g/mol. The molecule has 2 unspecified atom stereocenters. The molecule has 0 saturated carbocycles. The van der Waals surface area contributed by atoms with Crippen LogP contribution in [-0.4, -0.2) is 56.1 Å². The molecule has 2 rings (SSSR count). The van der Waals surface area contributed by atoms with Crippen LogP contribution in [-0.2, 0) is 14.3 Å². The Morgan fingerprint density at radius 1 is 1.52 bits per heavy atom. The average Bonchev–Trinajstić information content (AvgIpc) is 2.93. The lowest BCUT2D eigenvalue weighted by Gasteiger charge is -2.25. The highest BCUT2D eigenvalue weighted by atomic mass is 19.1. The molecule has 0 aromatic heterocycles. The van der Waals surface area contributed by atoms with Crippen LogP contribution < -0.4 is 10.6 Å². The standard InChI is InChI=1S/C16H22FN3O3/c1-19(15(21)9-11(10-18)23-2)14-7-8-20(16(14)22)13-6-4-3-5-12(13)17/h3-6,11,14H,7-10,18H2,1-2H3. The molecule has 7 heteroatoms. The van der Waals surface area contributed by atoms with Crippen LogP contribution in [0.4, 0.5) is 10.1 Å². The molecule has 2 atom stereocenters. The van der Waals surface area contributed by atoms with Crippen LogP contribution in [0.25, 0.3) is 0 Å². The van der Waals surface area contributed by atoms with E-state index < -0.39 is 11.9 Å². The maximum atomic E-state index is 13.9. The third kappa shape index (κ3) is 3.68. The molecule has 1 aromatic carbocycles. The minimum absolute atomic E-state index is 0.118. The molecule has 1 aromatic rings. The molecule has 1 saturated heterocycles. The maximum absolute atomic E-state index is 13.9. The van der Waals surface area contributed by atoms with Gasteiger partial charge in [0.2, 0.25) is 11.8 Å². The molecule has 6 nitrogen and oxygen atoms in total. The van der Waals surface area contributed by atoms with E-state index in [-0.39, 0.29) is 36.6 Å². The number of amides is 2. The Morgan fingerprint density at radius 3 is 2.83 bits per heavy atom. The highest BCUT2D eigenvalue weighted by Crippen LogP contribution is 2.26. The molecule has 0 radical (unpaired) electrons. The highest BCUT2D eigenvalue weighted by molar-refractivity contribution is 6.01. The Bertz CT molecular complexity index is 577. The second-order valence-corrected chi connectivity index (χ2v) is 5.55. The molecule has 2 amide bonds. The number of hydrogen-bond acceptors (Lipinski definition) is 4. The van der Waals surface area contributed by atoms with Gasteiger partial charge in [-0.2, -0.15) is 0 Å². The number of carbonyl (C=O) groups is 2. The fourth-order valence-electron chi connectivity index (χ4n) is 2.71. The molecule has 0 bridgehead atoms. The van der Waals surface area contributed by atoms with Gasteiger partial charge >= 0.3 is 0 Å². The summed E-state index contributed by atoms with van der Waals surface area (Å²) in [6.45, 7) is 0.614. The van der Waals surface area contributed by atoms with Crippen LogP contribution in [0.1, 0.15) is 12.8 Å². The number of hydrogen-bond donors (Lipinski definition) is 1. The SMILES string of the molecule is COC(CN)CC(=O)N(C)C1CCN(c2ccccc2F)C1=O. The number of para-hydroxylation sites is 1. The van der Waals surface area contributed by atoms with E-state index in [4.69, 9.17) is 10.5 Å². The zero-order valence-electron chi connectivity index (χ0n) is 13.4. The zero-order valence-corrected chi connectivity index (χ0v) is 13.4. The van der Waals surface area contributed by atoms with E-state index >= 15 is 0 Å². The molecule has 1 heterocycles. The van der Waals surface area contributed by atoms with Gasteiger partial charge in [-0.1, -0.05) is 12.1 Å². The summed E-state index contributed by atoms with van der Waals surface area (Å²) >= 11 is 0. The number of rotatable bonds is 6. The van der Waals surface area contributed by atoms with E-state index in [0.29, 0.717) is 13.0 Å². The summed E-state index contributed by atoms with van der Waals surface area (Å²) in [5, 5.41) is 0. The summed E-state index contributed by atoms with van der Waals surface area (Å²) in [5.41, 5.74) is 5.76. The smallest absolute Gasteiger partial charge is 0.249 e. The summed E-state index contributed by atoms with van der Waals surface area (Å²) < 4.78 is 19.0.